The van der Waals surface area contributed by atoms with Crippen molar-refractivity contribution in [3.05, 3.63) is 60.7 Å². The van der Waals surface area contributed by atoms with Crippen LogP contribution in [0.2, 0.25) is 0 Å². The lowest BCUT2D eigenvalue weighted by Gasteiger charge is -2.03. The number of para-hydroxylation sites is 1. The maximum absolute atomic E-state index is 6.00. The first-order chi connectivity index (χ1) is 12.8. The van der Waals surface area contributed by atoms with Crippen LogP contribution < -0.4 is 14.2 Å². The molecule has 5 heteroatoms. The number of hydrogen-bond acceptors (Lipinski definition) is 5. The van der Waals surface area contributed by atoms with Crippen LogP contribution in [-0.4, -0.2) is 18.9 Å². The first kappa shape index (κ1) is 14.8. The molecule has 0 N–H and O–H groups in total. The summed E-state index contributed by atoms with van der Waals surface area (Å²) in [4.78, 5) is 4.59. The van der Waals surface area contributed by atoms with Crippen LogP contribution in [0.4, 0.5) is 0 Å². The molecule has 2 heterocycles. The minimum atomic E-state index is 0.266. The van der Waals surface area contributed by atoms with Gasteiger partial charge in [-0.2, -0.15) is 0 Å². The summed E-state index contributed by atoms with van der Waals surface area (Å²) < 4.78 is 22.2. The first-order valence-electron chi connectivity index (χ1n) is 8.26. The Kier molecular flexibility index (Phi) is 3.31. The van der Waals surface area contributed by atoms with Crippen LogP contribution in [0.5, 0.6) is 17.2 Å². The van der Waals surface area contributed by atoms with E-state index in [0.717, 1.165) is 45.0 Å². The van der Waals surface area contributed by atoms with Crippen molar-refractivity contribution in [2.75, 3.05) is 13.9 Å². The van der Waals surface area contributed by atoms with Gasteiger partial charge in [-0.05, 0) is 47.5 Å². The summed E-state index contributed by atoms with van der Waals surface area (Å²) in [6.45, 7) is 0.266. The Labute approximate surface area is 149 Å². The lowest BCUT2D eigenvalue weighted by molar-refractivity contribution is 0.174. The SMILES string of the molecule is COc1ccccc1-c1nc2ccc(-c3ccc4c(c3)OCO4)cc2o1. The van der Waals surface area contributed by atoms with Gasteiger partial charge in [0, 0.05) is 0 Å². The highest BCUT2D eigenvalue weighted by molar-refractivity contribution is 5.83. The fraction of sp³-hybridized carbons (Fsp3) is 0.0952. The summed E-state index contributed by atoms with van der Waals surface area (Å²) >= 11 is 0. The fourth-order valence-electron chi connectivity index (χ4n) is 3.12. The highest BCUT2D eigenvalue weighted by Crippen LogP contribution is 2.37. The maximum Gasteiger partial charge on any atom is 0.231 e. The number of methoxy groups -OCH3 is 1. The highest BCUT2D eigenvalue weighted by atomic mass is 16.7. The smallest absolute Gasteiger partial charge is 0.231 e. The molecule has 1 aliphatic heterocycles. The standard InChI is InChI=1S/C21H15NO4/c1-23-17-5-3-2-4-15(17)21-22-16-8-6-13(10-19(16)26-21)14-7-9-18-20(11-14)25-12-24-18/h2-11H,12H2,1H3. The summed E-state index contributed by atoms with van der Waals surface area (Å²) in [5.41, 5.74) is 4.41. The third-order valence-electron chi connectivity index (χ3n) is 4.43. The van der Waals surface area contributed by atoms with Gasteiger partial charge in [0.05, 0.1) is 12.7 Å². The summed E-state index contributed by atoms with van der Waals surface area (Å²) in [6.07, 6.45) is 0. The summed E-state index contributed by atoms with van der Waals surface area (Å²) in [5, 5.41) is 0. The second-order valence-corrected chi connectivity index (χ2v) is 5.97. The topological polar surface area (TPSA) is 53.7 Å². The highest BCUT2D eigenvalue weighted by Gasteiger charge is 2.16. The average molecular weight is 345 g/mol. The zero-order chi connectivity index (χ0) is 17.5. The number of oxazole rings is 1. The minimum Gasteiger partial charge on any atom is -0.496 e. The van der Waals surface area contributed by atoms with Crippen molar-refractivity contribution in [1.29, 1.82) is 0 Å². The van der Waals surface area contributed by atoms with E-state index in [1.807, 2.05) is 60.7 Å². The Bertz CT molecular complexity index is 1120. The van der Waals surface area contributed by atoms with Crippen molar-refractivity contribution in [1.82, 2.24) is 4.98 Å². The second-order valence-electron chi connectivity index (χ2n) is 5.97. The fourth-order valence-corrected chi connectivity index (χ4v) is 3.12. The minimum absolute atomic E-state index is 0.266. The van der Waals surface area contributed by atoms with Crippen LogP contribution in [-0.2, 0) is 0 Å². The van der Waals surface area contributed by atoms with Gasteiger partial charge in [-0.25, -0.2) is 4.98 Å². The van der Waals surface area contributed by atoms with Crippen LogP contribution >= 0.6 is 0 Å². The number of aromatic nitrogens is 1. The normalized spacial score (nSPS) is 12.5. The average Bonchev–Trinajstić information content (AvgIpc) is 3.33. The van der Waals surface area contributed by atoms with Crippen molar-refractivity contribution < 1.29 is 18.6 Å². The first-order valence-corrected chi connectivity index (χ1v) is 8.26. The van der Waals surface area contributed by atoms with Gasteiger partial charge in [-0.3, -0.25) is 0 Å². The van der Waals surface area contributed by atoms with Crippen molar-refractivity contribution in [2.45, 2.75) is 0 Å². The van der Waals surface area contributed by atoms with Crippen LogP contribution in [0.15, 0.2) is 65.1 Å². The molecule has 0 unspecified atom stereocenters. The molecule has 0 radical (unpaired) electrons. The number of ether oxygens (including phenoxy) is 3. The molecule has 1 aliphatic rings. The van der Waals surface area contributed by atoms with Gasteiger partial charge < -0.3 is 18.6 Å². The van der Waals surface area contributed by atoms with E-state index in [9.17, 15) is 0 Å². The quantitative estimate of drug-likeness (QED) is 0.529. The molecule has 0 amide bonds. The molecule has 1 aromatic heterocycles. The predicted molar refractivity (Wildman–Crippen MR) is 97.6 cm³/mol. The molecule has 3 aromatic carbocycles. The van der Waals surface area contributed by atoms with E-state index >= 15 is 0 Å². The number of benzene rings is 3. The van der Waals surface area contributed by atoms with Crippen molar-refractivity contribution >= 4 is 11.1 Å². The Morgan fingerprint density at radius 1 is 0.885 bits per heavy atom. The molecule has 0 atom stereocenters. The molecule has 128 valence electrons. The van der Waals surface area contributed by atoms with Crippen molar-refractivity contribution in [3.8, 4) is 39.8 Å². The zero-order valence-electron chi connectivity index (χ0n) is 14.1. The second kappa shape index (κ2) is 5.81. The van der Waals surface area contributed by atoms with Gasteiger partial charge in [0.15, 0.2) is 17.1 Å². The van der Waals surface area contributed by atoms with Gasteiger partial charge in [-0.15, -0.1) is 0 Å². The van der Waals surface area contributed by atoms with Crippen LogP contribution in [0.25, 0.3) is 33.7 Å². The molecule has 5 rings (SSSR count). The van der Waals surface area contributed by atoms with Crippen LogP contribution in [0, 0.1) is 0 Å². The van der Waals surface area contributed by atoms with E-state index in [1.165, 1.54) is 0 Å². The van der Waals surface area contributed by atoms with E-state index in [4.69, 9.17) is 18.6 Å². The molecule has 26 heavy (non-hydrogen) atoms. The summed E-state index contributed by atoms with van der Waals surface area (Å²) in [7, 11) is 1.64. The van der Waals surface area contributed by atoms with Gasteiger partial charge in [0.25, 0.3) is 0 Å². The summed E-state index contributed by atoms with van der Waals surface area (Å²) in [5.74, 6) is 2.80. The van der Waals surface area contributed by atoms with Crippen LogP contribution in [0.3, 0.4) is 0 Å². The third-order valence-corrected chi connectivity index (χ3v) is 4.43. The molecule has 4 aromatic rings. The van der Waals surface area contributed by atoms with E-state index in [1.54, 1.807) is 7.11 Å². The molecule has 0 saturated carbocycles. The lowest BCUT2D eigenvalue weighted by Crippen LogP contribution is -1.92. The van der Waals surface area contributed by atoms with E-state index in [-0.39, 0.29) is 6.79 Å². The van der Waals surface area contributed by atoms with Gasteiger partial charge in [0.2, 0.25) is 12.7 Å². The Morgan fingerprint density at radius 3 is 2.62 bits per heavy atom. The van der Waals surface area contributed by atoms with E-state index in [2.05, 4.69) is 4.98 Å². The van der Waals surface area contributed by atoms with Gasteiger partial charge in [-0.1, -0.05) is 24.3 Å². The number of nitrogens with zero attached hydrogens (tertiary/aromatic N) is 1. The van der Waals surface area contributed by atoms with Gasteiger partial charge >= 0.3 is 0 Å². The number of hydrogen-bond donors (Lipinski definition) is 0. The maximum atomic E-state index is 6.00. The summed E-state index contributed by atoms with van der Waals surface area (Å²) in [6, 6.07) is 19.5. The molecule has 0 bridgehead atoms. The Balaban J connectivity index is 1.58. The van der Waals surface area contributed by atoms with E-state index in [0.29, 0.717) is 5.89 Å². The van der Waals surface area contributed by atoms with Crippen molar-refractivity contribution in [2.24, 2.45) is 0 Å². The zero-order valence-corrected chi connectivity index (χ0v) is 14.1. The number of fused-ring (bicyclic) bond motifs is 2. The molecule has 0 saturated heterocycles. The monoisotopic (exact) mass is 345 g/mol. The van der Waals surface area contributed by atoms with Crippen LogP contribution in [0.1, 0.15) is 0 Å². The van der Waals surface area contributed by atoms with Gasteiger partial charge in [0.1, 0.15) is 11.3 Å². The van der Waals surface area contributed by atoms with Crippen molar-refractivity contribution in [3.63, 3.8) is 0 Å². The largest absolute Gasteiger partial charge is 0.496 e. The molecule has 5 nitrogen and oxygen atoms in total. The lowest BCUT2D eigenvalue weighted by atomic mass is 10.0. The molecule has 0 spiro atoms. The molecule has 0 aliphatic carbocycles. The molecule has 0 fully saturated rings. The Morgan fingerprint density at radius 2 is 1.69 bits per heavy atom. The third kappa shape index (κ3) is 2.37. The molecular weight excluding hydrogens is 330 g/mol. The predicted octanol–water partition coefficient (Wildman–Crippen LogP) is 4.90. The molecular formula is C21H15NO4. The van der Waals surface area contributed by atoms with E-state index < -0.39 is 0 Å². The number of rotatable bonds is 3. The Hall–Kier alpha value is -3.47.